The fraction of sp³-hybridized carbons (Fsp3) is 0.105. The molecule has 4 aromatic rings. The number of imidazole rings is 1. The van der Waals surface area contributed by atoms with Gasteiger partial charge in [-0.2, -0.15) is 0 Å². The van der Waals surface area contributed by atoms with Gasteiger partial charge in [0.1, 0.15) is 5.82 Å². The standard InChI is InChI=1S/C19H16N2/c1-13(19-20-17-11-4-5-12-18(17)21-19)15-10-6-8-14-7-2-3-9-16(14)15/h2-13H,1H3,(H,20,21). The van der Waals surface area contributed by atoms with Gasteiger partial charge < -0.3 is 4.98 Å². The number of nitrogens with one attached hydrogen (secondary N) is 1. The number of benzene rings is 3. The largest absolute Gasteiger partial charge is 0.341 e. The summed E-state index contributed by atoms with van der Waals surface area (Å²) >= 11 is 0. The van der Waals surface area contributed by atoms with E-state index in [1.807, 2.05) is 18.2 Å². The minimum absolute atomic E-state index is 0.239. The number of rotatable bonds is 2. The van der Waals surface area contributed by atoms with Crippen molar-refractivity contribution in [3.63, 3.8) is 0 Å². The Kier molecular flexibility index (Phi) is 2.74. The van der Waals surface area contributed by atoms with E-state index in [2.05, 4.69) is 60.4 Å². The molecule has 1 unspecified atom stereocenters. The average molecular weight is 272 g/mol. The monoisotopic (exact) mass is 272 g/mol. The molecule has 0 aliphatic carbocycles. The van der Waals surface area contributed by atoms with Gasteiger partial charge in [-0.25, -0.2) is 4.98 Å². The molecule has 102 valence electrons. The molecule has 21 heavy (non-hydrogen) atoms. The first-order valence-corrected chi connectivity index (χ1v) is 7.25. The number of hydrogen-bond donors (Lipinski definition) is 1. The number of fused-ring (bicyclic) bond motifs is 2. The summed E-state index contributed by atoms with van der Waals surface area (Å²) in [6.45, 7) is 2.21. The molecule has 1 heterocycles. The molecule has 0 spiro atoms. The minimum Gasteiger partial charge on any atom is -0.341 e. The molecule has 0 radical (unpaired) electrons. The predicted molar refractivity (Wildman–Crippen MR) is 87.6 cm³/mol. The van der Waals surface area contributed by atoms with Gasteiger partial charge in [0.15, 0.2) is 0 Å². The van der Waals surface area contributed by atoms with Gasteiger partial charge in [0, 0.05) is 5.92 Å². The third-order valence-electron chi connectivity index (χ3n) is 4.11. The van der Waals surface area contributed by atoms with Crippen LogP contribution in [0.2, 0.25) is 0 Å². The predicted octanol–water partition coefficient (Wildman–Crippen LogP) is 4.87. The van der Waals surface area contributed by atoms with Crippen LogP contribution in [0.3, 0.4) is 0 Å². The Morgan fingerprint density at radius 2 is 1.62 bits per heavy atom. The highest BCUT2D eigenvalue weighted by atomic mass is 14.9. The first kappa shape index (κ1) is 12.2. The normalized spacial score (nSPS) is 12.8. The first-order chi connectivity index (χ1) is 10.3. The molecule has 3 aromatic carbocycles. The van der Waals surface area contributed by atoms with Crippen LogP contribution in [0.5, 0.6) is 0 Å². The van der Waals surface area contributed by atoms with Crippen molar-refractivity contribution >= 4 is 21.8 Å². The third kappa shape index (κ3) is 2.00. The van der Waals surface area contributed by atoms with Crippen LogP contribution in [0.25, 0.3) is 21.8 Å². The van der Waals surface area contributed by atoms with Gasteiger partial charge in [-0.05, 0) is 28.5 Å². The van der Waals surface area contributed by atoms with Crippen LogP contribution in [0.4, 0.5) is 0 Å². The molecule has 4 rings (SSSR count). The summed E-state index contributed by atoms with van der Waals surface area (Å²) in [6, 6.07) is 23.2. The van der Waals surface area contributed by atoms with E-state index in [0.29, 0.717) is 0 Å². The SMILES string of the molecule is CC(c1nc2ccccc2[nH]1)c1cccc2ccccc12. The lowest BCUT2D eigenvalue weighted by molar-refractivity contribution is 0.853. The van der Waals surface area contributed by atoms with Gasteiger partial charge in [0.05, 0.1) is 11.0 Å². The Morgan fingerprint density at radius 1 is 0.857 bits per heavy atom. The quantitative estimate of drug-likeness (QED) is 0.554. The van der Waals surface area contributed by atoms with Gasteiger partial charge in [0.25, 0.3) is 0 Å². The number of hydrogen-bond acceptors (Lipinski definition) is 1. The van der Waals surface area contributed by atoms with Gasteiger partial charge in [0.2, 0.25) is 0 Å². The average Bonchev–Trinajstić information content (AvgIpc) is 2.97. The molecule has 0 bridgehead atoms. The lowest BCUT2D eigenvalue weighted by atomic mass is 9.94. The third-order valence-corrected chi connectivity index (χ3v) is 4.11. The number of para-hydroxylation sites is 2. The smallest absolute Gasteiger partial charge is 0.114 e. The van der Waals surface area contributed by atoms with Crippen molar-refractivity contribution in [2.24, 2.45) is 0 Å². The number of aromatic nitrogens is 2. The molecule has 1 atom stereocenters. The highest BCUT2D eigenvalue weighted by molar-refractivity contribution is 5.86. The van der Waals surface area contributed by atoms with Gasteiger partial charge >= 0.3 is 0 Å². The summed E-state index contributed by atoms with van der Waals surface area (Å²) in [7, 11) is 0. The van der Waals surface area contributed by atoms with Crippen molar-refractivity contribution in [1.82, 2.24) is 9.97 Å². The number of H-pyrrole nitrogens is 1. The van der Waals surface area contributed by atoms with Crippen molar-refractivity contribution in [2.45, 2.75) is 12.8 Å². The molecule has 2 heteroatoms. The number of aromatic amines is 1. The fourth-order valence-corrected chi connectivity index (χ4v) is 2.95. The topological polar surface area (TPSA) is 28.7 Å². The second-order valence-corrected chi connectivity index (χ2v) is 5.43. The second-order valence-electron chi connectivity index (χ2n) is 5.43. The lowest BCUT2D eigenvalue weighted by Gasteiger charge is -2.12. The van der Waals surface area contributed by atoms with Crippen molar-refractivity contribution < 1.29 is 0 Å². The molecule has 0 saturated carbocycles. The zero-order valence-electron chi connectivity index (χ0n) is 11.9. The molecule has 1 aromatic heterocycles. The highest BCUT2D eigenvalue weighted by Crippen LogP contribution is 2.29. The van der Waals surface area contributed by atoms with E-state index in [1.165, 1.54) is 16.3 Å². The van der Waals surface area contributed by atoms with Crippen LogP contribution in [0.15, 0.2) is 66.7 Å². The van der Waals surface area contributed by atoms with Crippen LogP contribution < -0.4 is 0 Å². The molecule has 2 nitrogen and oxygen atoms in total. The lowest BCUT2D eigenvalue weighted by Crippen LogP contribution is -1.99. The Balaban J connectivity index is 1.87. The maximum atomic E-state index is 4.74. The van der Waals surface area contributed by atoms with Crippen LogP contribution >= 0.6 is 0 Å². The van der Waals surface area contributed by atoms with E-state index in [9.17, 15) is 0 Å². The van der Waals surface area contributed by atoms with E-state index in [4.69, 9.17) is 4.98 Å². The summed E-state index contributed by atoms with van der Waals surface area (Å²) < 4.78 is 0. The molecule has 0 amide bonds. The van der Waals surface area contributed by atoms with Gasteiger partial charge in [-0.3, -0.25) is 0 Å². The van der Waals surface area contributed by atoms with Crippen LogP contribution in [-0.4, -0.2) is 9.97 Å². The first-order valence-electron chi connectivity index (χ1n) is 7.25. The van der Waals surface area contributed by atoms with Crippen molar-refractivity contribution in [2.75, 3.05) is 0 Å². The molecular weight excluding hydrogens is 256 g/mol. The molecular formula is C19H16N2. The maximum Gasteiger partial charge on any atom is 0.114 e. The number of nitrogens with zero attached hydrogens (tertiary/aromatic N) is 1. The van der Waals surface area contributed by atoms with Crippen LogP contribution in [0.1, 0.15) is 24.2 Å². The van der Waals surface area contributed by atoms with E-state index in [0.717, 1.165) is 16.9 Å². The molecule has 0 saturated heterocycles. The summed E-state index contributed by atoms with van der Waals surface area (Å²) in [6.07, 6.45) is 0. The van der Waals surface area contributed by atoms with E-state index in [-0.39, 0.29) is 5.92 Å². The zero-order valence-corrected chi connectivity index (χ0v) is 11.9. The molecule has 0 aliphatic rings. The molecule has 0 aliphatic heterocycles. The summed E-state index contributed by atoms with van der Waals surface area (Å²) in [5.74, 6) is 1.26. The Labute approximate surface area is 123 Å². The van der Waals surface area contributed by atoms with Crippen molar-refractivity contribution in [1.29, 1.82) is 0 Å². The summed E-state index contributed by atoms with van der Waals surface area (Å²) in [5, 5.41) is 2.57. The molecule has 0 fully saturated rings. The van der Waals surface area contributed by atoms with E-state index in [1.54, 1.807) is 0 Å². The summed E-state index contributed by atoms with van der Waals surface area (Å²) in [5.41, 5.74) is 3.44. The Bertz CT molecular complexity index is 883. The van der Waals surface area contributed by atoms with Crippen molar-refractivity contribution in [3.8, 4) is 0 Å². The summed E-state index contributed by atoms with van der Waals surface area (Å²) in [4.78, 5) is 8.19. The fourth-order valence-electron chi connectivity index (χ4n) is 2.95. The van der Waals surface area contributed by atoms with Gasteiger partial charge in [-0.15, -0.1) is 0 Å². The van der Waals surface area contributed by atoms with Crippen LogP contribution in [-0.2, 0) is 0 Å². The Morgan fingerprint density at radius 3 is 2.52 bits per heavy atom. The minimum atomic E-state index is 0.239. The Hall–Kier alpha value is -2.61. The molecule has 1 N–H and O–H groups in total. The zero-order chi connectivity index (χ0) is 14.2. The highest BCUT2D eigenvalue weighted by Gasteiger charge is 2.15. The second kappa shape index (κ2) is 4.74. The van der Waals surface area contributed by atoms with Crippen LogP contribution in [0, 0.1) is 0 Å². The van der Waals surface area contributed by atoms with Crippen molar-refractivity contribution in [3.05, 3.63) is 78.1 Å². The maximum absolute atomic E-state index is 4.74. The van der Waals surface area contributed by atoms with Gasteiger partial charge in [-0.1, -0.05) is 61.5 Å². The van der Waals surface area contributed by atoms with E-state index >= 15 is 0 Å². The van der Waals surface area contributed by atoms with E-state index < -0.39 is 0 Å².